The van der Waals surface area contributed by atoms with Crippen LogP contribution in [0.5, 0.6) is 0 Å². The number of aryl methyl sites for hydroxylation is 3. The second kappa shape index (κ2) is 6.48. The summed E-state index contributed by atoms with van der Waals surface area (Å²) in [5.41, 5.74) is 4.14. The van der Waals surface area contributed by atoms with Gasteiger partial charge in [-0.3, -0.25) is 9.48 Å². The number of aromatic nitrogens is 3. The van der Waals surface area contributed by atoms with E-state index in [0.717, 1.165) is 47.6 Å². The molecule has 1 N–H and O–H groups in total. The number of rotatable bonds is 4. The first-order valence-corrected chi connectivity index (χ1v) is 8.85. The van der Waals surface area contributed by atoms with Gasteiger partial charge in [-0.05, 0) is 45.2 Å². The van der Waals surface area contributed by atoms with E-state index in [4.69, 9.17) is 8.94 Å². The normalized spacial score (nSPS) is 16.5. The Kier molecular flexibility index (Phi) is 4.14. The van der Waals surface area contributed by atoms with Gasteiger partial charge in [0.15, 0.2) is 5.76 Å². The quantitative estimate of drug-likeness (QED) is 0.778. The second-order valence-corrected chi connectivity index (χ2v) is 6.83. The van der Waals surface area contributed by atoms with E-state index in [2.05, 4.69) is 15.6 Å². The molecule has 1 amide bonds. The van der Waals surface area contributed by atoms with Crippen molar-refractivity contribution in [3.05, 3.63) is 58.1 Å². The Hall–Kier alpha value is -2.83. The summed E-state index contributed by atoms with van der Waals surface area (Å²) in [5.74, 6) is 1.62. The van der Waals surface area contributed by atoms with Gasteiger partial charge in [0, 0.05) is 30.3 Å². The first-order chi connectivity index (χ1) is 12.5. The van der Waals surface area contributed by atoms with E-state index in [1.807, 2.05) is 37.8 Å². The molecule has 0 saturated carbocycles. The maximum absolute atomic E-state index is 12.6. The lowest BCUT2D eigenvalue weighted by molar-refractivity contribution is 0.0903. The fourth-order valence-electron chi connectivity index (χ4n) is 3.61. The summed E-state index contributed by atoms with van der Waals surface area (Å²) in [4.78, 5) is 12.6. The second-order valence-electron chi connectivity index (χ2n) is 6.83. The van der Waals surface area contributed by atoms with Crippen molar-refractivity contribution in [3.63, 3.8) is 0 Å². The highest BCUT2D eigenvalue weighted by atomic mass is 16.5. The fraction of sp³-hybridized carbons (Fsp3) is 0.421. The number of amides is 1. The highest BCUT2D eigenvalue weighted by Gasteiger charge is 2.26. The molecular formula is C19H22N4O3. The molecule has 0 saturated heterocycles. The molecule has 0 unspecified atom stereocenters. The molecule has 0 aliphatic heterocycles. The van der Waals surface area contributed by atoms with Crippen molar-refractivity contribution in [2.45, 2.75) is 45.6 Å². The molecule has 0 radical (unpaired) electrons. The predicted octanol–water partition coefficient (Wildman–Crippen LogP) is 3.02. The fourth-order valence-corrected chi connectivity index (χ4v) is 3.61. The largest absolute Gasteiger partial charge is 0.456 e. The molecule has 0 aromatic carbocycles. The van der Waals surface area contributed by atoms with Gasteiger partial charge < -0.3 is 14.3 Å². The molecule has 0 spiro atoms. The lowest BCUT2D eigenvalue weighted by Gasteiger charge is -2.23. The van der Waals surface area contributed by atoms with Gasteiger partial charge >= 0.3 is 0 Å². The van der Waals surface area contributed by atoms with E-state index in [0.29, 0.717) is 12.2 Å². The molecule has 1 atom stereocenters. The standard InChI is InChI=1S/C19H22N4O3/c1-11-14(12(2)26-22-11)9-13-7-8-18(25-13)19(24)21-16-5-4-6-17-15(16)10-20-23(17)3/h7-8,10,16H,4-6,9H2,1-3H3,(H,21,24)/t16-/m0/s1. The maximum Gasteiger partial charge on any atom is 0.287 e. The van der Waals surface area contributed by atoms with Crippen molar-refractivity contribution in [2.75, 3.05) is 0 Å². The Bertz CT molecular complexity index is 931. The summed E-state index contributed by atoms with van der Waals surface area (Å²) in [6, 6.07) is 3.53. The third kappa shape index (κ3) is 2.94. The summed E-state index contributed by atoms with van der Waals surface area (Å²) in [6.45, 7) is 3.78. The molecule has 7 heteroatoms. The molecule has 7 nitrogen and oxygen atoms in total. The van der Waals surface area contributed by atoms with Gasteiger partial charge in [0.25, 0.3) is 5.91 Å². The number of nitrogens with one attached hydrogen (secondary N) is 1. The van der Waals surface area contributed by atoms with Crippen LogP contribution in [0.4, 0.5) is 0 Å². The van der Waals surface area contributed by atoms with Crippen LogP contribution in [0.2, 0.25) is 0 Å². The summed E-state index contributed by atoms with van der Waals surface area (Å²) in [7, 11) is 1.94. The Balaban J connectivity index is 1.47. The molecule has 1 aliphatic carbocycles. The third-order valence-electron chi connectivity index (χ3n) is 5.10. The van der Waals surface area contributed by atoms with Crippen LogP contribution in [0.25, 0.3) is 0 Å². The van der Waals surface area contributed by atoms with Crippen LogP contribution in [0.1, 0.15) is 63.5 Å². The monoisotopic (exact) mass is 354 g/mol. The highest BCUT2D eigenvalue weighted by Crippen LogP contribution is 2.29. The predicted molar refractivity (Wildman–Crippen MR) is 93.8 cm³/mol. The van der Waals surface area contributed by atoms with E-state index in [9.17, 15) is 4.79 Å². The Morgan fingerprint density at radius 2 is 2.23 bits per heavy atom. The zero-order chi connectivity index (χ0) is 18.3. The minimum Gasteiger partial charge on any atom is -0.456 e. The van der Waals surface area contributed by atoms with Crippen LogP contribution >= 0.6 is 0 Å². The molecule has 0 bridgehead atoms. The highest BCUT2D eigenvalue weighted by molar-refractivity contribution is 5.91. The van der Waals surface area contributed by atoms with E-state index < -0.39 is 0 Å². The summed E-state index contributed by atoms with van der Waals surface area (Å²) < 4.78 is 12.8. The lowest BCUT2D eigenvalue weighted by atomic mass is 9.93. The number of carbonyl (C=O) groups is 1. The van der Waals surface area contributed by atoms with Gasteiger partial charge in [0.1, 0.15) is 11.5 Å². The molecule has 3 aromatic heterocycles. The Labute approximate surface area is 151 Å². The van der Waals surface area contributed by atoms with Crippen LogP contribution in [0, 0.1) is 13.8 Å². The SMILES string of the molecule is Cc1noc(C)c1Cc1ccc(C(=O)N[C@H]2CCCc3c2cnn3C)o1. The minimum atomic E-state index is -0.197. The van der Waals surface area contributed by atoms with E-state index in [1.165, 1.54) is 5.69 Å². The van der Waals surface area contributed by atoms with Crippen molar-refractivity contribution in [3.8, 4) is 0 Å². The van der Waals surface area contributed by atoms with Crippen molar-refractivity contribution in [2.24, 2.45) is 7.05 Å². The molecule has 3 heterocycles. The summed E-state index contributed by atoms with van der Waals surface area (Å²) >= 11 is 0. The maximum atomic E-state index is 12.6. The average Bonchev–Trinajstić information content (AvgIpc) is 3.32. The molecule has 136 valence electrons. The van der Waals surface area contributed by atoms with Gasteiger partial charge in [-0.15, -0.1) is 0 Å². The van der Waals surface area contributed by atoms with E-state index in [1.54, 1.807) is 6.07 Å². The minimum absolute atomic E-state index is 0.0175. The zero-order valence-electron chi connectivity index (χ0n) is 15.2. The topological polar surface area (TPSA) is 86.1 Å². The number of nitrogens with zero attached hydrogens (tertiary/aromatic N) is 3. The van der Waals surface area contributed by atoms with Crippen LogP contribution in [-0.2, 0) is 19.9 Å². The average molecular weight is 354 g/mol. The van der Waals surface area contributed by atoms with Gasteiger partial charge in [0.2, 0.25) is 0 Å². The Morgan fingerprint density at radius 3 is 3.00 bits per heavy atom. The number of fused-ring (bicyclic) bond motifs is 1. The molecule has 0 fully saturated rings. The van der Waals surface area contributed by atoms with Crippen molar-refractivity contribution in [1.82, 2.24) is 20.3 Å². The smallest absolute Gasteiger partial charge is 0.287 e. The van der Waals surface area contributed by atoms with Crippen LogP contribution in [0.3, 0.4) is 0 Å². The van der Waals surface area contributed by atoms with Crippen molar-refractivity contribution >= 4 is 5.91 Å². The molecular weight excluding hydrogens is 332 g/mol. The van der Waals surface area contributed by atoms with Gasteiger partial charge in [0.05, 0.1) is 17.9 Å². The van der Waals surface area contributed by atoms with Crippen LogP contribution in [-0.4, -0.2) is 20.8 Å². The third-order valence-corrected chi connectivity index (χ3v) is 5.10. The van der Waals surface area contributed by atoms with E-state index >= 15 is 0 Å². The number of furan rings is 1. The van der Waals surface area contributed by atoms with Crippen LogP contribution < -0.4 is 5.32 Å². The molecule has 4 rings (SSSR count). The van der Waals surface area contributed by atoms with Gasteiger partial charge in [-0.1, -0.05) is 5.16 Å². The van der Waals surface area contributed by atoms with E-state index in [-0.39, 0.29) is 11.9 Å². The lowest BCUT2D eigenvalue weighted by Crippen LogP contribution is -2.30. The molecule has 3 aromatic rings. The summed E-state index contributed by atoms with van der Waals surface area (Å²) in [6.07, 6.45) is 5.36. The Morgan fingerprint density at radius 1 is 1.38 bits per heavy atom. The molecule has 1 aliphatic rings. The van der Waals surface area contributed by atoms with Gasteiger partial charge in [-0.2, -0.15) is 5.10 Å². The zero-order valence-corrected chi connectivity index (χ0v) is 15.2. The summed E-state index contributed by atoms with van der Waals surface area (Å²) in [5, 5.41) is 11.4. The number of carbonyl (C=O) groups excluding carboxylic acids is 1. The van der Waals surface area contributed by atoms with Crippen LogP contribution in [0.15, 0.2) is 27.3 Å². The van der Waals surface area contributed by atoms with Crippen molar-refractivity contribution in [1.29, 1.82) is 0 Å². The molecule has 26 heavy (non-hydrogen) atoms. The first kappa shape index (κ1) is 16.6. The van der Waals surface area contributed by atoms with Crippen molar-refractivity contribution < 1.29 is 13.7 Å². The number of hydrogen-bond donors (Lipinski definition) is 1. The first-order valence-electron chi connectivity index (χ1n) is 8.85. The number of hydrogen-bond acceptors (Lipinski definition) is 5. The van der Waals surface area contributed by atoms with Gasteiger partial charge in [-0.25, -0.2) is 0 Å².